The van der Waals surface area contributed by atoms with Gasteiger partial charge in [-0.1, -0.05) is 0 Å². The molecule has 2 aromatic rings. The zero-order valence-electron chi connectivity index (χ0n) is 7.53. The number of carboxylic acids is 1. The molecule has 0 saturated carbocycles. The molecule has 72 valence electrons. The van der Waals surface area contributed by atoms with Crippen LogP contribution in [0.2, 0.25) is 0 Å². The van der Waals surface area contributed by atoms with Gasteiger partial charge in [0.1, 0.15) is 5.75 Å². The van der Waals surface area contributed by atoms with Gasteiger partial charge in [-0.05, 0) is 24.6 Å². The third-order valence-electron chi connectivity index (χ3n) is 2.20. The summed E-state index contributed by atoms with van der Waals surface area (Å²) in [5.41, 5.74) is 1.76. The number of benzene rings is 1. The van der Waals surface area contributed by atoms with Crippen LogP contribution in [0, 0.1) is 6.92 Å². The number of nitrogens with one attached hydrogen (secondary N) is 1. The number of aromatic amines is 1. The van der Waals surface area contributed by atoms with Gasteiger partial charge >= 0.3 is 5.97 Å². The SMILES string of the molecule is Cc1cc(O)cc2c(C(=O)O)c[nH]c12. The number of phenols is 1. The molecule has 0 atom stereocenters. The maximum atomic E-state index is 10.8. The van der Waals surface area contributed by atoms with Crippen LogP contribution in [-0.2, 0) is 0 Å². The number of fused-ring (bicyclic) bond motifs is 1. The first kappa shape index (κ1) is 8.62. The molecule has 0 amide bonds. The lowest BCUT2D eigenvalue weighted by molar-refractivity contribution is 0.0699. The third kappa shape index (κ3) is 1.12. The molecule has 2 rings (SSSR count). The zero-order chi connectivity index (χ0) is 10.3. The number of hydrogen-bond donors (Lipinski definition) is 3. The third-order valence-corrected chi connectivity index (χ3v) is 2.20. The van der Waals surface area contributed by atoms with Gasteiger partial charge < -0.3 is 15.2 Å². The number of hydrogen-bond acceptors (Lipinski definition) is 2. The second-order valence-electron chi connectivity index (χ2n) is 3.19. The molecule has 3 N–H and O–H groups in total. The number of rotatable bonds is 1. The van der Waals surface area contributed by atoms with E-state index >= 15 is 0 Å². The van der Waals surface area contributed by atoms with Crippen molar-refractivity contribution in [2.24, 2.45) is 0 Å². The molecule has 1 heterocycles. The molecule has 0 fully saturated rings. The minimum Gasteiger partial charge on any atom is -0.508 e. The Bertz CT molecular complexity index is 513. The average molecular weight is 191 g/mol. The molecular weight excluding hydrogens is 182 g/mol. The van der Waals surface area contributed by atoms with Gasteiger partial charge in [0.2, 0.25) is 0 Å². The lowest BCUT2D eigenvalue weighted by atomic mass is 10.1. The number of carbonyl (C=O) groups is 1. The molecule has 0 unspecified atom stereocenters. The quantitative estimate of drug-likeness (QED) is 0.644. The summed E-state index contributed by atoms with van der Waals surface area (Å²) < 4.78 is 0. The fraction of sp³-hybridized carbons (Fsp3) is 0.100. The Morgan fingerprint density at radius 1 is 1.43 bits per heavy atom. The van der Waals surface area contributed by atoms with E-state index in [1.807, 2.05) is 6.92 Å². The summed E-state index contributed by atoms with van der Waals surface area (Å²) in [5, 5.41) is 18.7. The minimum atomic E-state index is -0.999. The Hall–Kier alpha value is -1.97. The van der Waals surface area contributed by atoms with Crippen molar-refractivity contribution in [1.82, 2.24) is 4.98 Å². The highest BCUT2D eigenvalue weighted by atomic mass is 16.4. The van der Waals surface area contributed by atoms with E-state index in [4.69, 9.17) is 5.11 Å². The molecule has 0 saturated heterocycles. The lowest BCUT2D eigenvalue weighted by Gasteiger charge is -1.98. The topological polar surface area (TPSA) is 73.3 Å². The highest BCUT2D eigenvalue weighted by molar-refractivity contribution is 6.04. The standard InChI is InChI=1S/C10H9NO3/c1-5-2-6(12)3-7-8(10(13)14)4-11-9(5)7/h2-4,11-12H,1H3,(H,13,14). The van der Waals surface area contributed by atoms with Crippen LogP contribution in [0.5, 0.6) is 5.75 Å². The van der Waals surface area contributed by atoms with Crippen molar-refractivity contribution >= 4 is 16.9 Å². The molecule has 0 aliphatic rings. The van der Waals surface area contributed by atoms with Crippen LogP contribution < -0.4 is 0 Å². The lowest BCUT2D eigenvalue weighted by Crippen LogP contribution is -1.93. The number of aryl methyl sites for hydroxylation is 1. The van der Waals surface area contributed by atoms with Crippen LogP contribution in [0.25, 0.3) is 10.9 Å². The molecule has 4 nitrogen and oxygen atoms in total. The highest BCUT2D eigenvalue weighted by Crippen LogP contribution is 2.26. The summed E-state index contributed by atoms with van der Waals surface area (Å²) >= 11 is 0. The van der Waals surface area contributed by atoms with Crippen molar-refractivity contribution < 1.29 is 15.0 Å². The maximum absolute atomic E-state index is 10.8. The number of phenolic OH excluding ortho intramolecular Hbond substituents is 1. The van der Waals surface area contributed by atoms with E-state index in [0.29, 0.717) is 5.39 Å². The highest BCUT2D eigenvalue weighted by Gasteiger charge is 2.12. The van der Waals surface area contributed by atoms with E-state index in [9.17, 15) is 9.90 Å². The molecule has 14 heavy (non-hydrogen) atoms. The number of carboxylic acid groups (broad SMARTS) is 1. The Balaban J connectivity index is 2.85. The van der Waals surface area contributed by atoms with E-state index in [1.54, 1.807) is 6.07 Å². The fourth-order valence-electron chi connectivity index (χ4n) is 1.57. The Kier molecular flexibility index (Phi) is 1.70. The van der Waals surface area contributed by atoms with E-state index in [1.165, 1.54) is 12.3 Å². The summed E-state index contributed by atoms with van der Waals surface area (Å²) in [6, 6.07) is 3.03. The second kappa shape index (κ2) is 2.77. The Morgan fingerprint density at radius 2 is 2.14 bits per heavy atom. The molecule has 0 radical (unpaired) electrons. The van der Waals surface area contributed by atoms with Crippen LogP contribution in [0.15, 0.2) is 18.3 Å². The van der Waals surface area contributed by atoms with Gasteiger partial charge in [0.25, 0.3) is 0 Å². The first-order valence-electron chi connectivity index (χ1n) is 4.13. The summed E-state index contributed by atoms with van der Waals surface area (Å²) in [7, 11) is 0. The fourth-order valence-corrected chi connectivity index (χ4v) is 1.57. The predicted octanol–water partition coefficient (Wildman–Crippen LogP) is 1.88. The van der Waals surface area contributed by atoms with Gasteiger partial charge in [-0.2, -0.15) is 0 Å². The van der Waals surface area contributed by atoms with Crippen molar-refractivity contribution in [3.8, 4) is 5.75 Å². The molecule has 0 bridgehead atoms. The van der Waals surface area contributed by atoms with Crippen molar-refractivity contribution in [3.05, 3.63) is 29.5 Å². The number of aromatic hydroxyl groups is 1. The van der Waals surface area contributed by atoms with Gasteiger partial charge in [-0.15, -0.1) is 0 Å². The average Bonchev–Trinajstić information content (AvgIpc) is 2.47. The van der Waals surface area contributed by atoms with Crippen molar-refractivity contribution in [3.63, 3.8) is 0 Å². The molecule has 0 spiro atoms. The number of aromatic carboxylic acids is 1. The van der Waals surface area contributed by atoms with Gasteiger partial charge in [0.05, 0.1) is 5.56 Å². The normalized spacial score (nSPS) is 10.6. The van der Waals surface area contributed by atoms with E-state index in [0.717, 1.165) is 11.1 Å². The molecule has 1 aromatic heterocycles. The van der Waals surface area contributed by atoms with E-state index < -0.39 is 5.97 Å². The first-order valence-corrected chi connectivity index (χ1v) is 4.13. The molecule has 0 aliphatic heterocycles. The van der Waals surface area contributed by atoms with Crippen molar-refractivity contribution in [2.75, 3.05) is 0 Å². The summed E-state index contributed by atoms with van der Waals surface area (Å²) in [5.74, 6) is -0.918. The summed E-state index contributed by atoms with van der Waals surface area (Å²) in [6.45, 7) is 1.81. The predicted molar refractivity (Wildman–Crippen MR) is 51.7 cm³/mol. The minimum absolute atomic E-state index is 0.0806. The van der Waals surface area contributed by atoms with Crippen LogP contribution in [0.3, 0.4) is 0 Å². The smallest absolute Gasteiger partial charge is 0.337 e. The number of aromatic nitrogens is 1. The monoisotopic (exact) mass is 191 g/mol. The zero-order valence-corrected chi connectivity index (χ0v) is 7.53. The van der Waals surface area contributed by atoms with Gasteiger partial charge in [0, 0.05) is 17.1 Å². The van der Waals surface area contributed by atoms with Crippen LogP contribution in [0.1, 0.15) is 15.9 Å². The van der Waals surface area contributed by atoms with Crippen LogP contribution in [0.4, 0.5) is 0 Å². The van der Waals surface area contributed by atoms with Crippen molar-refractivity contribution in [1.29, 1.82) is 0 Å². The molecule has 1 aromatic carbocycles. The molecular formula is C10H9NO3. The summed E-state index contributed by atoms with van der Waals surface area (Å²) in [6.07, 6.45) is 1.43. The first-order chi connectivity index (χ1) is 6.59. The maximum Gasteiger partial charge on any atom is 0.337 e. The van der Waals surface area contributed by atoms with Gasteiger partial charge in [0.15, 0.2) is 0 Å². The summed E-state index contributed by atoms with van der Waals surface area (Å²) in [4.78, 5) is 13.7. The van der Waals surface area contributed by atoms with Crippen LogP contribution in [-0.4, -0.2) is 21.2 Å². The van der Waals surface area contributed by atoms with Gasteiger partial charge in [-0.3, -0.25) is 0 Å². The van der Waals surface area contributed by atoms with E-state index in [2.05, 4.69) is 4.98 Å². The van der Waals surface area contributed by atoms with Gasteiger partial charge in [-0.25, -0.2) is 4.79 Å². The van der Waals surface area contributed by atoms with Crippen LogP contribution >= 0.6 is 0 Å². The Labute approximate surface area is 79.8 Å². The number of H-pyrrole nitrogens is 1. The van der Waals surface area contributed by atoms with E-state index in [-0.39, 0.29) is 11.3 Å². The second-order valence-corrected chi connectivity index (χ2v) is 3.19. The largest absolute Gasteiger partial charge is 0.508 e. The molecule has 4 heteroatoms. The molecule has 0 aliphatic carbocycles. The Morgan fingerprint density at radius 3 is 2.79 bits per heavy atom. The van der Waals surface area contributed by atoms with Crippen molar-refractivity contribution in [2.45, 2.75) is 6.92 Å².